The summed E-state index contributed by atoms with van der Waals surface area (Å²) < 4.78 is 6.19. The van der Waals surface area contributed by atoms with Gasteiger partial charge in [0.15, 0.2) is 11.8 Å². The summed E-state index contributed by atoms with van der Waals surface area (Å²) in [6, 6.07) is 1.86. The van der Waals surface area contributed by atoms with E-state index < -0.39 is 12.1 Å². The lowest BCUT2D eigenvalue weighted by atomic mass is 9.87. The van der Waals surface area contributed by atoms with Crippen molar-refractivity contribution in [3.05, 3.63) is 22.6 Å². The van der Waals surface area contributed by atoms with Crippen molar-refractivity contribution in [1.29, 1.82) is 0 Å². The van der Waals surface area contributed by atoms with E-state index in [2.05, 4.69) is 36.2 Å². The van der Waals surface area contributed by atoms with Crippen molar-refractivity contribution in [2.24, 2.45) is 5.92 Å². The number of pyridine rings is 1. The van der Waals surface area contributed by atoms with Crippen LogP contribution in [0.15, 0.2) is 16.7 Å². The van der Waals surface area contributed by atoms with E-state index in [1.165, 1.54) is 19.3 Å². The predicted molar refractivity (Wildman–Crippen MR) is 100 cm³/mol. The van der Waals surface area contributed by atoms with Gasteiger partial charge in [-0.3, -0.25) is 9.59 Å². The van der Waals surface area contributed by atoms with E-state index in [4.69, 9.17) is 4.74 Å². The number of hydrogen-bond acceptors (Lipinski definition) is 5. The molecule has 8 heteroatoms. The smallest absolute Gasteiger partial charge is 0.326 e. The number of H-pyrrole nitrogens is 1. The number of carbonyl (C=O) groups is 2. The Morgan fingerprint density at radius 1 is 1.38 bits per heavy atom. The largest absolute Gasteiger partial charge is 0.453 e. The lowest BCUT2D eigenvalue weighted by Gasteiger charge is -2.20. The Morgan fingerprint density at radius 2 is 2.15 bits per heavy atom. The molecule has 0 radical (unpaired) electrons. The number of ether oxygens (including phenoxy) is 1. The average molecular weight is 423 g/mol. The van der Waals surface area contributed by atoms with Gasteiger partial charge in [0.25, 0.3) is 0 Å². The number of imidazole rings is 1. The second kappa shape index (κ2) is 8.62. The fraction of sp³-hybridized carbons (Fsp3) is 0.556. The van der Waals surface area contributed by atoms with Crippen molar-refractivity contribution >= 4 is 39.0 Å². The van der Waals surface area contributed by atoms with Crippen molar-refractivity contribution < 1.29 is 14.3 Å². The lowest BCUT2D eigenvalue weighted by Crippen LogP contribution is -2.32. The molecule has 1 saturated carbocycles. The van der Waals surface area contributed by atoms with E-state index in [1.54, 1.807) is 13.1 Å². The third-order valence-electron chi connectivity index (χ3n) is 4.64. The average Bonchev–Trinajstić information content (AvgIpc) is 3.04. The summed E-state index contributed by atoms with van der Waals surface area (Å²) in [7, 11) is 0. The minimum Gasteiger partial charge on any atom is -0.453 e. The first-order valence-corrected chi connectivity index (χ1v) is 9.78. The van der Waals surface area contributed by atoms with Crippen LogP contribution in [0, 0.1) is 5.92 Å². The number of nitrogens with one attached hydrogen (secondary N) is 2. The highest BCUT2D eigenvalue weighted by Gasteiger charge is 2.19. The number of fused-ring (bicyclic) bond motifs is 1. The number of aromatic amines is 1. The molecule has 0 aliphatic heterocycles. The summed E-state index contributed by atoms with van der Waals surface area (Å²) in [6.07, 6.45) is 7.46. The molecule has 26 heavy (non-hydrogen) atoms. The molecule has 0 bridgehead atoms. The van der Waals surface area contributed by atoms with Gasteiger partial charge in [0.1, 0.15) is 12.4 Å². The van der Waals surface area contributed by atoms with Crippen LogP contribution in [-0.2, 0) is 14.3 Å². The Kier molecular flexibility index (Phi) is 6.24. The highest BCUT2D eigenvalue weighted by molar-refractivity contribution is 9.10. The van der Waals surface area contributed by atoms with Gasteiger partial charge in [-0.1, -0.05) is 19.3 Å². The van der Waals surface area contributed by atoms with Gasteiger partial charge in [-0.05, 0) is 47.7 Å². The van der Waals surface area contributed by atoms with E-state index in [1.807, 2.05) is 6.07 Å². The van der Waals surface area contributed by atoms with E-state index in [0.29, 0.717) is 23.8 Å². The monoisotopic (exact) mass is 422 g/mol. The van der Waals surface area contributed by atoms with Gasteiger partial charge in [0, 0.05) is 17.1 Å². The first kappa shape index (κ1) is 18.8. The van der Waals surface area contributed by atoms with Gasteiger partial charge in [0.05, 0.1) is 5.52 Å². The van der Waals surface area contributed by atoms with Crippen LogP contribution in [0.2, 0.25) is 0 Å². The van der Waals surface area contributed by atoms with Crippen LogP contribution in [0.4, 0.5) is 0 Å². The summed E-state index contributed by atoms with van der Waals surface area (Å²) in [5, 5.41) is 2.66. The maximum Gasteiger partial charge on any atom is 0.326 e. The molecule has 0 aromatic carbocycles. The molecular weight excluding hydrogens is 400 g/mol. The molecule has 2 N–H and O–H groups in total. The molecule has 0 spiro atoms. The van der Waals surface area contributed by atoms with Crippen LogP contribution in [0.25, 0.3) is 11.2 Å². The van der Waals surface area contributed by atoms with Crippen LogP contribution in [0.3, 0.4) is 0 Å². The number of hydrogen-bond donors (Lipinski definition) is 2. The van der Waals surface area contributed by atoms with Gasteiger partial charge < -0.3 is 15.0 Å². The number of amides is 1. The van der Waals surface area contributed by atoms with Gasteiger partial charge in [-0.2, -0.15) is 0 Å². The fourth-order valence-electron chi connectivity index (χ4n) is 3.28. The highest BCUT2D eigenvalue weighted by Crippen LogP contribution is 2.26. The number of halogens is 1. The molecule has 2 heterocycles. The van der Waals surface area contributed by atoms with Gasteiger partial charge in [0.2, 0.25) is 5.91 Å². The Bertz CT molecular complexity index is 786. The quantitative estimate of drug-likeness (QED) is 0.695. The van der Waals surface area contributed by atoms with Crippen LogP contribution < -0.4 is 5.32 Å². The van der Waals surface area contributed by atoms with Crippen molar-refractivity contribution in [1.82, 2.24) is 20.3 Å². The Hall–Kier alpha value is -1.96. The molecular formula is C18H23BrN4O3. The molecule has 1 fully saturated rings. The van der Waals surface area contributed by atoms with Crippen molar-refractivity contribution in [2.75, 3.05) is 6.54 Å². The first-order valence-electron chi connectivity index (χ1n) is 8.98. The summed E-state index contributed by atoms with van der Waals surface area (Å²) in [4.78, 5) is 35.6. The number of aromatic nitrogens is 3. The number of nitrogens with zero attached hydrogens (tertiary/aromatic N) is 2. The Morgan fingerprint density at radius 3 is 2.92 bits per heavy atom. The van der Waals surface area contributed by atoms with Crippen molar-refractivity contribution in [3.63, 3.8) is 0 Å². The first-order chi connectivity index (χ1) is 12.5. The van der Waals surface area contributed by atoms with Crippen LogP contribution >= 0.6 is 15.9 Å². The summed E-state index contributed by atoms with van der Waals surface area (Å²) in [6.45, 7) is 1.61. The van der Waals surface area contributed by atoms with Crippen molar-refractivity contribution in [3.8, 4) is 0 Å². The molecule has 1 unspecified atom stereocenters. The predicted octanol–water partition coefficient (Wildman–Crippen LogP) is 3.41. The second-order valence-corrected chi connectivity index (χ2v) is 7.68. The Labute approximate surface area is 160 Å². The number of rotatable bonds is 6. The molecule has 140 valence electrons. The minimum atomic E-state index is -0.550. The van der Waals surface area contributed by atoms with Gasteiger partial charge >= 0.3 is 5.97 Å². The topological polar surface area (TPSA) is 97.0 Å². The highest BCUT2D eigenvalue weighted by atomic mass is 79.9. The zero-order valence-corrected chi connectivity index (χ0v) is 16.3. The maximum atomic E-state index is 12.0. The SMILES string of the molecule is CC(OC(=O)CNC(=O)CC1CCCCC1)c1nc2ncc(Br)cc2[nH]1. The molecule has 1 amide bonds. The molecule has 1 aliphatic rings. The van der Waals surface area contributed by atoms with E-state index in [0.717, 1.165) is 22.8 Å². The third-order valence-corrected chi connectivity index (χ3v) is 5.08. The molecule has 0 saturated heterocycles. The van der Waals surface area contributed by atoms with Crippen LogP contribution in [0.1, 0.15) is 57.4 Å². The molecule has 3 rings (SSSR count). The Balaban J connectivity index is 1.46. The van der Waals surface area contributed by atoms with Crippen LogP contribution in [-0.4, -0.2) is 33.4 Å². The molecule has 1 atom stereocenters. The molecule has 2 aromatic heterocycles. The van der Waals surface area contributed by atoms with E-state index in [-0.39, 0.29) is 12.5 Å². The van der Waals surface area contributed by atoms with Crippen molar-refractivity contribution in [2.45, 2.75) is 51.6 Å². The summed E-state index contributed by atoms with van der Waals surface area (Å²) in [5.41, 5.74) is 1.32. The number of esters is 1. The summed E-state index contributed by atoms with van der Waals surface area (Å²) in [5.74, 6) is 0.400. The standard InChI is InChI=1S/C18H23BrN4O3/c1-11(17-22-14-8-13(19)9-21-18(14)23-17)26-16(25)10-20-15(24)7-12-5-3-2-4-6-12/h8-9,11-12H,2-7,10H2,1H3,(H,20,24)(H,21,22,23). The zero-order valence-electron chi connectivity index (χ0n) is 14.8. The van der Waals surface area contributed by atoms with Crippen LogP contribution in [0.5, 0.6) is 0 Å². The van der Waals surface area contributed by atoms with Gasteiger partial charge in [-0.25, -0.2) is 9.97 Å². The van der Waals surface area contributed by atoms with E-state index >= 15 is 0 Å². The molecule has 1 aliphatic carbocycles. The normalized spacial score (nSPS) is 16.4. The fourth-order valence-corrected chi connectivity index (χ4v) is 3.61. The molecule has 7 nitrogen and oxygen atoms in total. The minimum absolute atomic E-state index is 0.0840. The zero-order chi connectivity index (χ0) is 18.5. The van der Waals surface area contributed by atoms with E-state index in [9.17, 15) is 9.59 Å². The maximum absolute atomic E-state index is 12.0. The lowest BCUT2D eigenvalue weighted by molar-refractivity contribution is -0.149. The molecule has 2 aromatic rings. The van der Waals surface area contributed by atoms with Gasteiger partial charge in [-0.15, -0.1) is 0 Å². The third kappa shape index (κ3) is 5.03. The second-order valence-electron chi connectivity index (χ2n) is 6.76. The number of carbonyl (C=O) groups excluding carboxylic acids is 2. The summed E-state index contributed by atoms with van der Waals surface area (Å²) >= 11 is 3.35.